The first-order valence-corrected chi connectivity index (χ1v) is 5.03. The molecule has 1 N–H and O–H groups in total. The first kappa shape index (κ1) is 9.81. The van der Waals surface area contributed by atoms with Crippen molar-refractivity contribution < 1.29 is 9.90 Å². The van der Waals surface area contributed by atoms with Crippen molar-refractivity contribution in [3.05, 3.63) is 33.8 Å². The van der Waals surface area contributed by atoms with Gasteiger partial charge >= 0.3 is 5.97 Å². The molecule has 1 aromatic carbocycles. The van der Waals surface area contributed by atoms with E-state index in [1.807, 2.05) is 6.07 Å². The molecule has 1 saturated carbocycles. The fourth-order valence-corrected chi connectivity index (χ4v) is 1.89. The monoisotopic (exact) mass is 230 g/mol. The first-order chi connectivity index (χ1) is 6.59. The maximum atomic E-state index is 10.6. The molecule has 0 aliphatic heterocycles. The molecule has 0 heterocycles. The van der Waals surface area contributed by atoms with Crippen molar-refractivity contribution in [2.75, 3.05) is 0 Å². The molecule has 0 saturated heterocycles. The van der Waals surface area contributed by atoms with E-state index in [0.717, 1.165) is 5.56 Å². The average Bonchev–Trinajstić information content (AvgIpc) is 2.89. The van der Waals surface area contributed by atoms with E-state index < -0.39 is 5.97 Å². The van der Waals surface area contributed by atoms with Gasteiger partial charge in [0.1, 0.15) is 0 Å². The molecular weight excluding hydrogens is 223 g/mol. The Bertz CT molecular complexity index is 390. The number of rotatable bonds is 2. The number of carbonyl (C=O) groups is 1. The minimum Gasteiger partial charge on any atom is -0.481 e. The molecular formula is C10H8Cl2O2. The summed E-state index contributed by atoms with van der Waals surface area (Å²) in [6, 6.07) is 5.29. The van der Waals surface area contributed by atoms with E-state index in [-0.39, 0.29) is 11.8 Å². The normalized spacial score (nSPS) is 24.7. The highest BCUT2D eigenvalue weighted by Gasteiger charge is 2.44. The molecule has 2 rings (SSSR count). The maximum absolute atomic E-state index is 10.6. The van der Waals surface area contributed by atoms with Gasteiger partial charge in [0.05, 0.1) is 16.0 Å². The Morgan fingerprint density at radius 3 is 2.57 bits per heavy atom. The van der Waals surface area contributed by atoms with Gasteiger partial charge in [-0.05, 0) is 30.0 Å². The zero-order valence-corrected chi connectivity index (χ0v) is 8.72. The summed E-state index contributed by atoms with van der Waals surface area (Å²) in [6.07, 6.45) is 0.702. The highest BCUT2D eigenvalue weighted by Crippen LogP contribution is 2.48. The van der Waals surface area contributed by atoms with Crippen LogP contribution in [0.1, 0.15) is 17.9 Å². The van der Waals surface area contributed by atoms with Crippen molar-refractivity contribution in [3.63, 3.8) is 0 Å². The van der Waals surface area contributed by atoms with Crippen LogP contribution in [0.15, 0.2) is 18.2 Å². The Balaban J connectivity index is 2.20. The van der Waals surface area contributed by atoms with Crippen LogP contribution in [0.2, 0.25) is 10.0 Å². The van der Waals surface area contributed by atoms with Crippen LogP contribution in [-0.4, -0.2) is 11.1 Å². The third kappa shape index (κ3) is 1.72. The lowest BCUT2D eigenvalue weighted by Crippen LogP contribution is -1.98. The van der Waals surface area contributed by atoms with Gasteiger partial charge in [0.15, 0.2) is 0 Å². The quantitative estimate of drug-likeness (QED) is 0.848. The lowest BCUT2D eigenvalue weighted by atomic mass is 10.1. The van der Waals surface area contributed by atoms with Crippen LogP contribution in [0, 0.1) is 5.92 Å². The fraction of sp³-hybridized carbons (Fsp3) is 0.300. The molecule has 4 heteroatoms. The summed E-state index contributed by atoms with van der Waals surface area (Å²) in [5.74, 6) is -0.865. The number of aliphatic carboxylic acids is 1. The minimum atomic E-state index is -0.735. The van der Waals surface area contributed by atoms with E-state index >= 15 is 0 Å². The van der Waals surface area contributed by atoms with Crippen LogP contribution in [0.25, 0.3) is 0 Å². The topological polar surface area (TPSA) is 37.3 Å². The third-order valence-corrected chi connectivity index (χ3v) is 3.22. The predicted octanol–water partition coefficient (Wildman–Crippen LogP) is 3.18. The molecule has 14 heavy (non-hydrogen) atoms. The first-order valence-electron chi connectivity index (χ1n) is 4.27. The molecule has 0 unspecified atom stereocenters. The highest BCUT2D eigenvalue weighted by atomic mass is 35.5. The number of hydrogen-bond donors (Lipinski definition) is 1. The summed E-state index contributed by atoms with van der Waals surface area (Å²) in [7, 11) is 0. The lowest BCUT2D eigenvalue weighted by Gasteiger charge is -2.00. The third-order valence-electron chi connectivity index (χ3n) is 2.48. The molecule has 0 amide bonds. The Labute approximate surface area is 91.4 Å². The van der Waals surface area contributed by atoms with Crippen molar-refractivity contribution >= 4 is 29.2 Å². The van der Waals surface area contributed by atoms with E-state index in [2.05, 4.69) is 0 Å². The van der Waals surface area contributed by atoms with Crippen molar-refractivity contribution in [1.82, 2.24) is 0 Å². The lowest BCUT2D eigenvalue weighted by molar-refractivity contribution is -0.138. The number of halogens is 2. The molecule has 1 aliphatic rings. The van der Waals surface area contributed by atoms with Gasteiger partial charge in [-0.15, -0.1) is 0 Å². The molecule has 2 nitrogen and oxygen atoms in total. The van der Waals surface area contributed by atoms with Gasteiger partial charge in [-0.2, -0.15) is 0 Å². The highest BCUT2D eigenvalue weighted by molar-refractivity contribution is 6.42. The molecule has 0 spiro atoms. The van der Waals surface area contributed by atoms with E-state index in [9.17, 15) is 4.79 Å². The summed E-state index contributed by atoms with van der Waals surface area (Å²) < 4.78 is 0. The van der Waals surface area contributed by atoms with Crippen LogP contribution in [0.5, 0.6) is 0 Å². The number of benzene rings is 1. The van der Waals surface area contributed by atoms with E-state index in [4.69, 9.17) is 28.3 Å². The standard InChI is InChI=1S/C10H8Cl2O2/c11-8-2-1-5(3-9(8)12)6-4-7(6)10(13)14/h1-3,6-7H,4H2,(H,13,14)/t6-,7-/m1/s1. The molecule has 2 atom stereocenters. The van der Waals surface area contributed by atoms with E-state index in [1.165, 1.54) is 0 Å². The largest absolute Gasteiger partial charge is 0.481 e. The second-order valence-electron chi connectivity index (χ2n) is 3.46. The predicted molar refractivity (Wildman–Crippen MR) is 54.9 cm³/mol. The van der Waals surface area contributed by atoms with Crippen LogP contribution >= 0.6 is 23.2 Å². The van der Waals surface area contributed by atoms with Gasteiger partial charge in [-0.1, -0.05) is 29.3 Å². The number of hydrogen-bond acceptors (Lipinski definition) is 1. The minimum absolute atomic E-state index is 0.113. The van der Waals surface area contributed by atoms with Gasteiger partial charge in [0.25, 0.3) is 0 Å². The summed E-state index contributed by atoms with van der Waals surface area (Å²) in [5.41, 5.74) is 0.965. The molecule has 1 aliphatic carbocycles. The number of carboxylic acids is 1. The van der Waals surface area contributed by atoms with Gasteiger partial charge in [0, 0.05) is 0 Å². The zero-order chi connectivity index (χ0) is 10.3. The summed E-state index contributed by atoms with van der Waals surface area (Å²) in [4.78, 5) is 10.6. The Kier molecular flexibility index (Phi) is 2.41. The summed E-state index contributed by atoms with van der Waals surface area (Å²) in [6.45, 7) is 0. The van der Waals surface area contributed by atoms with Gasteiger partial charge in [0.2, 0.25) is 0 Å². The van der Waals surface area contributed by atoms with Crippen LogP contribution in [0.3, 0.4) is 0 Å². The molecule has 1 fully saturated rings. The SMILES string of the molecule is O=C(O)[C@@H]1C[C@@H]1c1ccc(Cl)c(Cl)c1. The average molecular weight is 231 g/mol. The fourth-order valence-electron chi connectivity index (χ4n) is 1.58. The van der Waals surface area contributed by atoms with Crippen molar-refractivity contribution in [1.29, 1.82) is 0 Å². The van der Waals surface area contributed by atoms with E-state index in [1.54, 1.807) is 12.1 Å². The van der Waals surface area contributed by atoms with Crippen LogP contribution < -0.4 is 0 Å². The Morgan fingerprint density at radius 2 is 2.07 bits per heavy atom. The Morgan fingerprint density at radius 1 is 1.36 bits per heavy atom. The molecule has 1 aromatic rings. The van der Waals surface area contributed by atoms with Crippen molar-refractivity contribution in [2.45, 2.75) is 12.3 Å². The molecule has 0 radical (unpaired) electrons. The summed E-state index contributed by atoms with van der Waals surface area (Å²) >= 11 is 11.6. The van der Waals surface area contributed by atoms with Crippen LogP contribution in [0.4, 0.5) is 0 Å². The second-order valence-corrected chi connectivity index (χ2v) is 4.27. The van der Waals surface area contributed by atoms with Crippen molar-refractivity contribution in [2.24, 2.45) is 5.92 Å². The van der Waals surface area contributed by atoms with Gasteiger partial charge < -0.3 is 5.11 Å². The van der Waals surface area contributed by atoms with E-state index in [0.29, 0.717) is 16.5 Å². The molecule has 0 aromatic heterocycles. The van der Waals surface area contributed by atoms with Gasteiger partial charge in [-0.3, -0.25) is 4.79 Å². The maximum Gasteiger partial charge on any atom is 0.307 e. The van der Waals surface area contributed by atoms with Crippen molar-refractivity contribution in [3.8, 4) is 0 Å². The van der Waals surface area contributed by atoms with Gasteiger partial charge in [-0.25, -0.2) is 0 Å². The van der Waals surface area contributed by atoms with Crippen LogP contribution in [-0.2, 0) is 4.79 Å². The smallest absolute Gasteiger partial charge is 0.307 e. The summed E-state index contributed by atoms with van der Waals surface area (Å²) in [5, 5.41) is 9.74. The second kappa shape index (κ2) is 3.44. The zero-order valence-electron chi connectivity index (χ0n) is 7.21. The molecule has 74 valence electrons. The Hall–Kier alpha value is -0.730. The molecule has 0 bridgehead atoms. The number of carboxylic acid groups (broad SMARTS) is 1.